The van der Waals surface area contributed by atoms with Gasteiger partial charge in [0, 0.05) is 25.7 Å². The summed E-state index contributed by atoms with van der Waals surface area (Å²) in [7, 11) is 3.71. The molecule has 8 heteroatoms. The summed E-state index contributed by atoms with van der Waals surface area (Å²) in [5.41, 5.74) is 5.54. The first-order chi connectivity index (χ1) is 9.90. The Balaban J connectivity index is 2.22. The molecule has 1 aromatic heterocycles. The smallest absolute Gasteiger partial charge is 0.288 e. The van der Waals surface area contributed by atoms with E-state index in [1.807, 2.05) is 7.05 Å². The van der Waals surface area contributed by atoms with Crippen LogP contribution in [-0.4, -0.2) is 58.8 Å². The number of rotatable bonds is 3. The second kappa shape index (κ2) is 6.04. The maximum atomic E-state index is 12.5. The molecular weight excluding hydrogens is 274 g/mol. The Labute approximate surface area is 122 Å². The summed E-state index contributed by atoms with van der Waals surface area (Å²) in [5, 5.41) is 10.8. The lowest BCUT2D eigenvalue weighted by Gasteiger charge is -2.35. The van der Waals surface area contributed by atoms with Crippen LogP contribution in [0.25, 0.3) is 0 Å². The molecule has 21 heavy (non-hydrogen) atoms. The number of nitro groups is 1. The van der Waals surface area contributed by atoms with E-state index >= 15 is 0 Å². The number of carbonyl (C=O) groups excluding carboxylic acids is 1. The summed E-state index contributed by atoms with van der Waals surface area (Å²) in [6.07, 6.45) is 2.98. The fourth-order valence-corrected chi connectivity index (χ4v) is 2.55. The summed E-state index contributed by atoms with van der Waals surface area (Å²) in [6.45, 7) is 1.80. The molecule has 0 aliphatic carbocycles. The van der Waals surface area contributed by atoms with Crippen molar-refractivity contribution >= 4 is 17.4 Å². The number of nitrogen functional groups attached to an aromatic ring is 1. The number of aromatic nitrogens is 1. The topological polar surface area (TPSA) is 106 Å². The van der Waals surface area contributed by atoms with Crippen molar-refractivity contribution in [2.45, 2.75) is 18.9 Å². The SMILES string of the molecule is CN1CCCC(N(C)C(=O)c2cc([N+](=O)[O-])cnc2N)C1. The van der Waals surface area contributed by atoms with Gasteiger partial charge in [-0.25, -0.2) is 4.98 Å². The number of carbonyl (C=O) groups is 1. The van der Waals surface area contributed by atoms with E-state index in [4.69, 9.17) is 5.73 Å². The van der Waals surface area contributed by atoms with E-state index in [9.17, 15) is 14.9 Å². The first-order valence-electron chi connectivity index (χ1n) is 6.75. The lowest BCUT2D eigenvalue weighted by Crippen LogP contribution is -2.47. The van der Waals surface area contributed by atoms with Crippen LogP contribution in [0.4, 0.5) is 11.5 Å². The second-order valence-corrected chi connectivity index (χ2v) is 5.36. The van der Waals surface area contributed by atoms with E-state index in [2.05, 4.69) is 9.88 Å². The molecule has 1 amide bonds. The molecule has 8 nitrogen and oxygen atoms in total. The number of amides is 1. The predicted molar refractivity (Wildman–Crippen MR) is 77.9 cm³/mol. The van der Waals surface area contributed by atoms with Crippen LogP contribution in [0.2, 0.25) is 0 Å². The molecule has 1 unspecified atom stereocenters. The summed E-state index contributed by atoms with van der Waals surface area (Å²) in [6, 6.07) is 1.27. The summed E-state index contributed by atoms with van der Waals surface area (Å²) >= 11 is 0. The third kappa shape index (κ3) is 3.27. The first-order valence-corrected chi connectivity index (χ1v) is 6.75. The van der Waals surface area contributed by atoms with E-state index in [1.54, 1.807) is 11.9 Å². The standard InChI is InChI=1S/C13H19N5O3/c1-16-5-3-4-9(8-16)17(2)13(19)11-6-10(18(20)21)7-15-12(11)14/h6-7,9H,3-5,8H2,1-2H3,(H2,14,15). The van der Waals surface area contributed by atoms with Crippen LogP contribution in [0.3, 0.4) is 0 Å². The molecule has 0 spiro atoms. The molecule has 1 aromatic rings. The van der Waals surface area contributed by atoms with Crippen LogP contribution in [0.1, 0.15) is 23.2 Å². The third-order valence-corrected chi connectivity index (χ3v) is 3.81. The number of nitrogens with two attached hydrogens (primary N) is 1. The Morgan fingerprint density at radius 1 is 1.62 bits per heavy atom. The van der Waals surface area contributed by atoms with Crippen molar-refractivity contribution in [3.8, 4) is 0 Å². The Hall–Kier alpha value is -2.22. The highest BCUT2D eigenvalue weighted by Gasteiger charge is 2.27. The highest BCUT2D eigenvalue weighted by atomic mass is 16.6. The minimum absolute atomic E-state index is 0.0154. The highest BCUT2D eigenvalue weighted by Crippen LogP contribution is 2.21. The maximum Gasteiger partial charge on any atom is 0.288 e. The molecule has 114 valence electrons. The lowest BCUT2D eigenvalue weighted by atomic mass is 10.0. The minimum atomic E-state index is -0.586. The average molecular weight is 293 g/mol. The van der Waals surface area contributed by atoms with Gasteiger partial charge in [0.1, 0.15) is 12.0 Å². The number of likely N-dealkylation sites (N-methyl/N-ethyl adjacent to an activating group) is 2. The van der Waals surface area contributed by atoms with Crippen LogP contribution >= 0.6 is 0 Å². The second-order valence-electron chi connectivity index (χ2n) is 5.36. The maximum absolute atomic E-state index is 12.5. The number of likely N-dealkylation sites (tertiary alicyclic amines) is 1. The van der Waals surface area contributed by atoms with Crippen LogP contribution in [-0.2, 0) is 0 Å². The molecule has 1 fully saturated rings. The number of pyridine rings is 1. The molecule has 1 aliphatic rings. The molecule has 0 saturated carbocycles. The van der Waals surface area contributed by atoms with Gasteiger partial charge in [0.15, 0.2) is 0 Å². The molecular formula is C13H19N5O3. The van der Waals surface area contributed by atoms with Gasteiger partial charge in [-0.2, -0.15) is 0 Å². The number of piperidine rings is 1. The Bertz CT molecular complexity index is 563. The zero-order valence-electron chi connectivity index (χ0n) is 12.2. The zero-order chi connectivity index (χ0) is 15.6. The van der Waals surface area contributed by atoms with Crippen LogP contribution in [0.15, 0.2) is 12.3 Å². The fourth-order valence-electron chi connectivity index (χ4n) is 2.55. The van der Waals surface area contributed by atoms with E-state index in [0.717, 1.165) is 32.1 Å². The van der Waals surface area contributed by atoms with E-state index in [1.165, 1.54) is 6.07 Å². The minimum Gasteiger partial charge on any atom is -0.383 e. The molecule has 1 atom stereocenters. The van der Waals surface area contributed by atoms with Crippen molar-refractivity contribution < 1.29 is 9.72 Å². The molecule has 1 saturated heterocycles. The van der Waals surface area contributed by atoms with Gasteiger partial charge < -0.3 is 15.5 Å². The van der Waals surface area contributed by atoms with Gasteiger partial charge in [-0.1, -0.05) is 0 Å². The summed E-state index contributed by atoms with van der Waals surface area (Å²) in [5.74, 6) is -0.314. The van der Waals surface area contributed by atoms with Crippen molar-refractivity contribution in [3.63, 3.8) is 0 Å². The Morgan fingerprint density at radius 3 is 2.95 bits per heavy atom. The number of hydrogen-bond acceptors (Lipinski definition) is 6. The van der Waals surface area contributed by atoms with E-state index in [-0.39, 0.29) is 29.0 Å². The number of nitrogens with zero attached hydrogens (tertiary/aromatic N) is 4. The van der Waals surface area contributed by atoms with Gasteiger partial charge >= 0.3 is 0 Å². The number of hydrogen-bond donors (Lipinski definition) is 1. The van der Waals surface area contributed by atoms with Gasteiger partial charge in [-0.3, -0.25) is 14.9 Å². The van der Waals surface area contributed by atoms with Crippen molar-refractivity contribution in [1.82, 2.24) is 14.8 Å². The summed E-state index contributed by atoms with van der Waals surface area (Å²) in [4.78, 5) is 30.2. The van der Waals surface area contributed by atoms with E-state index < -0.39 is 4.92 Å². The molecule has 2 N–H and O–H groups in total. The third-order valence-electron chi connectivity index (χ3n) is 3.81. The van der Waals surface area contributed by atoms with Crippen LogP contribution < -0.4 is 5.73 Å². The highest BCUT2D eigenvalue weighted by molar-refractivity contribution is 5.98. The quantitative estimate of drug-likeness (QED) is 0.650. The molecule has 0 radical (unpaired) electrons. The lowest BCUT2D eigenvalue weighted by molar-refractivity contribution is -0.385. The summed E-state index contributed by atoms with van der Waals surface area (Å²) < 4.78 is 0. The predicted octanol–water partition coefficient (Wildman–Crippen LogP) is 0.738. The van der Waals surface area contributed by atoms with Gasteiger partial charge in [0.25, 0.3) is 11.6 Å². The van der Waals surface area contributed by atoms with Crippen molar-refractivity contribution in [2.75, 3.05) is 32.9 Å². The van der Waals surface area contributed by atoms with Gasteiger partial charge in [0.2, 0.25) is 0 Å². The van der Waals surface area contributed by atoms with Crippen LogP contribution in [0.5, 0.6) is 0 Å². The molecule has 0 aromatic carbocycles. The van der Waals surface area contributed by atoms with Crippen molar-refractivity contribution in [2.24, 2.45) is 0 Å². The molecule has 0 bridgehead atoms. The zero-order valence-corrected chi connectivity index (χ0v) is 12.2. The van der Waals surface area contributed by atoms with E-state index in [0.29, 0.717) is 0 Å². The monoisotopic (exact) mass is 293 g/mol. The molecule has 2 rings (SSSR count). The fraction of sp³-hybridized carbons (Fsp3) is 0.538. The largest absolute Gasteiger partial charge is 0.383 e. The average Bonchev–Trinajstić information content (AvgIpc) is 2.46. The van der Waals surface area contributed by atoms with Gasteiger partial charge in [-0.15, -0.1) is 0 Å². The molecule has 2 heterocycles. The van der Waals surface area contributed by atoms with Crippen molar-refractivity contribution in [1.29, 1.82) is 0 Å². The van der Waals surface area contributed by atoms with Crippen LogP contribution in [0, 0.1) is 10.1 Å². The molecule has 1 aliphatic heterocycles. The Kier molecular flexibility index (Phi) is 4.37. The van der Waals surface area contributed by atoms with Crippen molar-refractivity contribution in [3.05, 3.63) is 27.9 Å². The van der Waals surface area contributed by atoms with Gasteiger partial charge in [-0.05, 0) is 26.4 Å². The first kappa shape index (κ1) is 15.2. The Morgan fingerprint density at radius 2 is 2.33 bits per heavy atom. The number of anilines is 1. The normalized spacial score (nSPS) is 19.2. The van der Waals surface area contributed by atoms with Gasteiger partial charge in [0.05, 0.1) is 10.5 Å².